The molecule has 0 atom stereocenters. The molecule has 0 spiro atoms. The van der Waals surface area contributed by atoms with Crippen LogP contribution in [0.25, 0.3) is 0 Å². The average Bonchev–Trinajstić information content (AvgIpc) is 0. The molecule has 0 rings (SSSR count). The molecule has 0 aromatic rings. The molecule has 0 radical (unpaired) electrons. The molecule has 0 aliphatic rings. The zero-order chi connectivity index (χ0) is 0. The van der Waals surface area contributed by atoms with Crippen LogP contribution in [-0.4, -0.2) is 29.6 Å². The maximum Gasteiger partial charge on any atom is 4.00 e. The van der Waals surface area contributed by atoms with Crippen LogP contribution in [0.5, 0.6) is 0 Å². The molecule has 0 bridgehead atoms. The van der Waals surface area contributed by atoms with Crippen molar-refractivity contribution in [1.82, 2.24) is 0 Å². The van der Waals surface area contributed by atoms with E-state index in [1.807, 2.05) is 0 Å². The molecular formula is HNaS2Ti. The molecule has 0 aliphatic heterocycles. The first-order valence-electron chi connectivity index (χ1n) is 0. The molecule has 4 heavy (non-hydrogen) atoms. The standard InChI is InChI=1S/Na.2S.Ti.H/q;2*-2;+4;. The van der Waals surface area contributed by atoms with Gasteiger partial charge in [-0.15, -0.1) is 0 Å². The summed E-state index contributed by atoms with van der Waals surface area (Å²) < 4.78 is 0. The number of rotatable bonds is 0. The van der Waals surface area contributed by atoms with Gasteiger partial charge >= 0.3 is 51.3 Å². The first kappa shape index (κ1) is 32.3. The smallest absolute Gasteiger partial charge is 2.00 e. The van der Waals surface area contributed by atoms with E-state index in [-0.39, 0.29) is 78.3 Å². The van der Waals surface area contributed by atoms with E-state index in [1.54, 1.807) is 0 Å². The van der Waals surface area contributed by atoms with Crippen molar-refractivity contribution in [3.63, 3.8) is 0 Å². The molecule has 4 heteroatoms. The SMILES string of the molecule is [NaH].[S-2].[S-2].[Ti+4]. The zero-order valence-electron chi connectivity index (χ0n) is 1.32. The van der Waals surface area contributed by atoms with Gasteiger partial charge in [0.2, 0.25) is 0 Å². The fourth-order valence-corrected chi connectivity index (χ4v) is 0. The van der Waals surface area contributed by atoms with Gasteiger partial charge in [0, 0.05) is 0 Å². The van der Waals surface area contributed by atoms with Crippen LogP contribution in [0.1, 0.15) is 0 Å². The first-order chi connectivity index (χ1) is 0. The Hall–Kier alpha value is 2.41. The Kier molecular flexibility index (Phi) is 146. The summed E-state index contributed by atoms with van der Waals surface area (Å²) in [4.78, 5) is 0. The number of hydrogen-bond acceptors (Lipinski definition) is 0. The summed E-state index contributed by atoms with van der Waals surface area (Å²) in [6.07, 6.45) is 0. The predicted molar refractivity (Wildman–Crippen MR) is 21.9 cm³/mol. The minimum atomic E-state index is 0. The summed E-state index contributed by atoms with van der Waals surface area (Å²) in [7, 11) is 0. The average molecular weight is 136 g/mol. The van der Waals surface area contributed by atoms with Gasteiger partial charge in [0.05, 0.1) is 0 Å². The van der Waals surface area contributed by atoms with Gasteiger partial charge < -0.3 is 27.0 Å². The second-order valence-electron chi connectivity index (χ2n) is 0. The minimum Gasteiger partial charge on any atom is -2.00 e. The van der Waals surface area contributed by atoms with Crippen molar-refractivity contribution in [2.75, 3.05) is 0 Å². The molecule has 18 valence electrons. The largest absolute Gasteiger partial charge is 4.00 e. The Balaban J connectivity index is 0. The summed E-state index contributed by atoms with van der Waals surface area (Å²) in [6.45, 7) is 0. The predicted octanol–water partition coefficient (Wildman–Crippen LogP) is -0.656. The van der Waals surface area contributed by atoms with Crippen molar-refractivity contribution in [3.8, 4) is 0 Å². The first-order valence-corrected chi connectivity index (χ1v) is 0. The molecular weight excluding hydrogens is 135 g/mol. The van der Waals surface area contributed by atoms with E-state index in [0.29, 0.717) is 0 Å². The van der Waals surface area contributed by atoms with E-state index in [4.69, 9.17) is 0 Å². The van der Waals surface area contributed by atoms with Gasteiger partial charge in [0.1, 0.15) is 0 Å². The Morgan fingerprint density at radius 3 is 0.750 bits per heavy atom. The monoisotopic (exact) mass is 136 g/mol. The molecule has 0 aromatic heterocycles. The molecule has 0 saturated carbocycles. The van der Waals surface area contributed by atoms with Gasteiger partial charge in [0.15, 0.2) is 0 Å². The van der Waals surface area contributed by atoms with Crippen LogP contribution in [0, 0.1) is 0 Å². The Morgan fingerprint density at radius 1 is 0.750 bits per heavy atom. The van der Waals surface area contributed by atoms with Crippen LogP contribution in [-0.2, 0) is 48.7 Å². The maximum absolute atomic E-state index is 0. The second kappa shape index (κ2) is 18.1. The summed E-state index contributed by atoms with van der Waals surface area (Å²) in [5.41, 5.74) is 0. The molecule has 0 nitrogen and oxygen atoms in total. The third-order valence-electron chi connectivity index (χ3n) is 0. The molecule has 0 fully saturated rings. The summed E-state index contributed by atoms with van der Waals surface area (Å²) in [5.74, 6) is 0. The van der Waals surface area contributed by atoms with E-state index in [9.17, 15) is 0 Å². The van der Waals surface area contributed by atoms with E-state index >= 15 is 0 Å². The van der Waals surface area contributed by atoms with Crippen LogP contribution >= 0.6 is 0 Å². The van der Waals surface area contributed by atoms with Gasteiger partial charge in [-0.1, -0.05) is 0 Å². The van der Waals surface area contributed by atoms with E-state index in [1.165, 1.54) is 0 Å². The van der Waals surface area contributed by atoms with Gasteiger partial charge in [-0.25, -0.2) is 0 Å². The van der Waals surface area contributed by atoms with Gasteiger partial charge in [-0.05, 0) is 0 Å². The molecule has 0 unspecified atom stereocenters. The topological polar surface area (TPSA) is 0 Å². The van der Waals surface area contributed by atoms with Crippen molar-refractivity contribution in [3.05, 3.63) is 0 Å². The third kappa shape index (κ3) is 8.83. The van der Waals surface area contributed by atoms with E-state index in [2.05, 4.69) is 0 Å². The minimum absolute atomic E-state index is 0. The van der Waals surface area contributed by atoms with Crippen molar-refractivity contribution < 1.29 is 21.7 Å². The normalized spacial score (nSPS) is 0. The molecule has 0 amide bonds. The fourth-order valence-electron chi connectivity index (χ4n) is 0. The van der Waals surface area contributed by atoms with Crippen LogP contribution in [0.3, 0.4) is 0 Å². The molecule has 0 N–H and O–H groups in total. The maximum atomic E-state index is 0. The van der Waals surface area contributed by atoms with Crippen LogP contribution in [0.4, 0.5) is 0 Å². The molecule has 0 saturated heterocycles. The summed E-state index contributed by atoms with van der Waals surface area (Å²) in [5, 5.41) is 0. The Bertz CT molecular complexity index is 6.00. The number of hydrogen-bond donors (Lipinski definition) is 0. The van der Waals surface area contributed by atoms with Crippen LogP contribution in [0.15, 0.2) is 0 Å². The van der Waals surface area contributed by atoms with Crippen LogP contribution < -0.4 is 0 Å². The zero-order valence-corrected chi connectivity index (χ0v) is 4.51. The van der Waals surface area contributed by atoms with Crippen molar-refractivity contribution >= 4 is 56.5 Å². The van der Waals surface area contributed by atoms with Crippen molar-refractivity contribution in [2.24, 2.45) is 0 Å². The van der Waals surface area contributed by atoms with Crippen molar-refractivity contribution in [2.45, 2.75) is 0 Å². The summed E-state index contributed by atoms with van der Waals surface area (Å²) in [6, 6.07) is 0. The second-order valence-corrected chi connectivity index (χ2v) is 0. The fraction of sp³-hybridized carbons (Fsp3) is 0. The Morgan fingerprint density at radius 2 is 0.750 bits per heavy atom. The quantitative estimate of drug-likeness (QED) is 0.388. The van der Waals surface area contributed by atoms with Gasteiger partial charge in [-0.3, -0.25) is 0 Å². The molecule has 0 aliphatic carbocycles. The molecule has 0 heterocycles. The Labute approximate surface area is 77.2 Å². The summed E-state index contributed by atoms with van der Waals surface area (Å²) >= 11 is 0. The third-order valence-corrected chi connectivity index (χ3v) is 0. The van der Waals surface area contributed by atoms with Crippen molar-refractivity contribution in [1.29, 1.82) is 0 Å². The van der Waals surface area contributed by atoms with Crippen LogP contribution in [0.2, 0.25) is 0 Å². The molecule has 0 aromatic carbocycles. The van der Waals surface area contributed by atoms with Gasteiger partial charge in [-0.2, -0.15) is 0 Å². The van der Waals surface area contributed by atoms with E-state index < -0.39 is 0 Å². The van der Waals surface area contributed by atoms with E-state index in [0.717, 1.165) is 0 Å². The van der Waals surface area contributed by atoms with Gasteiger partial charge in [0.25, 0.3) is 0 Å².